The number of carbonyl (C=O) groups is 1. The Hall–Kier alpha value is -2.95. The maximum absolute atomic E-state index is 12.7. The van der Waals surface area contributed by atoms with E-state index in [1.807, 2.05) is 19.9 Å². The zero-order valence-corrected chi connectivity index (χ0v) is 15.1. The van der Waals surface area contributed by atoms with Gasteiger partial charge < -0.3 is 19.7 Å². The van der Waals surface area contributed by atoms with Gasteiger partial charge in [0.25, 0.3) is 0 Å². The normalized spacial score (nSPS) is 15.8. The van der Waals surface area contributed by atoms with Crippen molar-refractivity contribution in [1.82, 2.24) is 0 Å². The average molecular weight is 354 g/mol. The van der Waals surface area contributed by atoms with E-state index in [1.54, 1.807) is 24.3 Å². The van der Waals surface area contributed by atoms with Crippen molar-refractivity contribution in [3.05, 3.63) is 58.7 Å². The van der Waals surface area contributed by atoms with Gasteiger partial charge in [0.1, 0.15) is 34.7 Å². The molecule has 2 aromatic carbocycles. The van der Waals surface area contributed by atoms with Crippen LogP contribution < -0.4 is 9.47 Å². The molecule has 0 saturated carbocycles. The number of hydrogen-bond donors (Lipinski definition) is 2. The predicted octanol–water partition coefficient (Wildman–Crippen LogP) is 4.32. The number of fused-ring (bicyclic) bond motifs is 1. The molecule has 0 fully saturated rings. The molecule has 26 heavy (non-hydrogen) atoms. The van der Waals surface area contributed by atoms with Gasteiger partial charge in [-0.1, -0.05) is 23.8 Å². The molecular weight excluding hydrogens is 332 g/mol. The van der Waals surface area contributed by atoms with Gasteiger partial charge in [-0.3, -0.25) is 4.79 Å². The summed E-state index contributed by atoms with van der Waals surface area (Å²) in [6.45, 7) is 3.98. The van der Waals surface area contributed by atoms with Crippen LogP contribution in [0.5, 0.6) is 23.0 Å². The zero-order valence-electron chi connectivity index (χ0n) is 15.1. The number of allylic oxidation sites excluding steroid dienone is 2. The minimum Gasteiger partial charge on any atom is -0.508 e. The van der Waals surface area contributed by atoms with E-state index >= 15 is 0 Å². The number of ether oxygens (including phenoxy) is 2. The van der Waals surface area contributed by atoms with Gasteiger partial charge in [0.15, 0.2) is 5.78 Å². The van der Waals surface area contributed by atoms with Crippen molar-refractivity contribution in [2.75, 3.05) is 7.11 Å². The maximum atomic E-state index is 12.7. The molecule has 1 atom stereocenters. The lowest BCUT2D eigenvalue weighted by atomic mass is 9.92. The summed E-state index contributed by atoms with van der Waals surface area (Å²) in [7, 11) is 1.52. The second kappa shape index (κ2) is 7.12. The lowest BCUT2D eigenvalue weighted by Gasteiger charge is -2.28. The fourth-order valence-electron chi connectivity index (χ4n) is 3.07. The van der Waals surface area contributed by atoms with Crippen LogP contribution in [0.2, 0.25) is 0 Å². The zero-order chi connectivity index (χ0) is 18.8. The minimum absolute atomic E-state index is 0.125. The van der Waals surface area contributed by atoms with E-state index in [2.05, 4.69) is 0 Å². The number of hydrogen-bond acceptors (Lipinski definition) is 5. The van der Waals surface area contributed by atoms with Gasteiger partial charge in [0, 0.05) is 11.6 Å². The van der Waals surface area contributed by atoms with Gasteiger partial charge in [-0.25, -0.2) is 0 Å². The Morgan fingerprint density at radius 1 is 1.27 bits per heavy atom. The number of phenols is 2. The summed E-state index contributed by atoms with van der Waals surface area (Å²) in [6.07, 6.45) is 2.20. The monoisotopic (exact) mass is 354 g/mol. The van der Waals surface area contributed by atoms with Crippen LogP contribution in [-0.4, -0.2) is 23.1 Å². The van der Waals surface area contributed by atoms with Crippen molar-refractivity contribution in [2.24, 2.45) is 0 Å². The number of rotatable bonds is 4. The van der Waals surface area contributed by atoms with Crippen LogP contribution in [0, 0.1) is 0 Å². The molecule has 0 radical (unpaired) electrons. The Morgan fingerprint density at radius 2 is 1.96 bits per heavy atom. The first-order valence-corrected chi connectivity index (χ1v) is 8.45. The highest BCUT2D eigenvalue weighted by molar-refractivity contribution is 6.03. The summed E-state index contributed by atoms with van der Waals surface area (Å²) in [4.78, 5) is 12.7. The van der Waals surface area contributed by atoms with E-state index in [-0.39, 0.29) is 29.3 Å². The standard InChI is InChI=1S/C21H22O5/c1-12(2)4-9-15-19(25-3)11-17(24)20-16(23)10-18(26-21(15)20)13-5-7-14(22)8-6-13/h4-8,11,18,22,24H,9-10H2,1-3H3/t18-/m0/s1. The van der Waals surface area contributed by atoms with Crippen molar-refractivity contribution in [3.8, 4) is 23.0 Å². The lowest BCUT2D eigenvalue weighted by Crippen LogP contribution is -2.22. The molecule has 136 valence electrons. The first-order valence-electron chi connectivity index (χ1n) is 8.45. The summed E-state index contributed by atoms with van der Waals surface area (Å²) in [6, 6.07) is 8.05. The summed E-state index contributed by atoms with van der Waals surface area (Å²) in [5, 5.41) is 19.8. The average Bonchev–Trinajstić information content (AvgIpc) is 2.60. The fraction of sp³-hybridized carbons (Fsp3) is 0.286. The smallest absolute Gasteiger partial charge is 0.174 e. The molecule has 5 heteroatoms. The molecule has 1 heterocycles. The quantitative estimate of drug-likeness (QED) is 0.800. The molecule has 2 N–H and O–H groups in total. The van der Waals surface area contributed by atoms with Crippen LogP contribution in [0.1, 0.15) is 47.9 Å². The number of aromatic hydroxyl groups is 2. The second-order valence-corrected chi connectivity index (χ2v) is 6.59. The summed E-state index contributed by atoms with van der Waals surface area (Å²) >= 11 is 0. The molecule has 3 rings (SSSR count). The molecule has 0 bridgehead atoms. The van der Waals surface area contributed by atoms with Crippen LogP contribution in [0.25, 0.3) is 0 Å². The minimum atomic E-state index is -0.479. The number of benzene rings is 2. The molecule has 0 amide bonds. The van der Waals surface area contributed by atoms with Gasteiger partial charge >= 0.3 is 0 Å². The van der Waals surface area contributed by atoms with E-state index in [0.717, 1.165) is 16.7 Å². The number of Topliss-reactive ketones (excluding diaryl/α,β-unsaturated/α-hetero) is 1. The third-order valence-electron chi connectivity index (χ3n) is 4.43. The molecule has 0 unspecified atom stereocenters. The first kappa shape index (κ1) is 17.9. The molecular formula is C21H22O5. The second-order valence-electron chi connectivity index (χ2n) is 6.59. The van der Waals surface area contributed by atoms with E-state index in [1.165, 1.54) is 13.2 Å². The maximum Gasteiger partial charge on any atom is 0.174 e. The van der Waals surface area contributed by atoms with Crippen LogP contribution in [0.3, 0.4) is 0 Å². The van der Waals surface area contributed by atoms with Crippen molar-refractivity contribution < 1.29 is 24.5 Å². The van der Waals surface area contributed by atoms with Crippen LogP contribution in [0.15, 0.2) is 42.0 Å². The van der Waals surface area contributed by atoms with Crippen molar-refractivity contribution in [2.45, 2.75) is 32.8 Å². The van der Waals surface area contributed by atoms with Gasteiger partial charge in [0.05, 0.1) is 13.5 Å². The highest BCUT2D eigenvalue weighted by atomic mass is 16.5. The largest absolute Gasteiger partial charge is 0.508 e. The van der Waals surface area contributed by atoms with E-state index in [9.17, 15) is 15.0 Å². The van der Waals surface area contributed by atoms with Gasteiger partial charge in [-0.15, -0.1) is 0 Å². The molecule has 2 aromatic rings. The molecule has 1 aliphatic heterocycles. The van der Waals surface area contributed by atoms with Crippen LogP contribution in [-0.2, 0) is 6.42 Å². The Kier molecular flexibility index (Phi) is 4.89. The Bertz CT molecular complexity index is 861. The molecule has 1 aliphatic rings. The predicted molar refractivity (Wildman–Crippen MR) is 98.2 cm³/mol. The van der Waals surface area contributed by atoms with Crippen molar-refractivity contribution >= 4 is 5.78 Å². The van der Waals surface area contributed by atoms with Gasteiger partial charge in [0.2, 0.25) is 0 Å². The van der Waals surface area contributed by atoms with Gasteiger partial charge in [-0.2, -0.15) is 0 Å². The number of ketones is 1. The molecule has 5 nitrogen and oxygen atoms in total. The number of methoxy groups -OCH3 is 1. The van der Waals surface area contributed by atoms with E-state index in [0.29, 0.717) is 17.9 Å². The first-order chi connectivity index (χ1) is 12.4. The highest BCUT2D eigenvalue weighted by Crippen LogP contribution is 2.45. The van der Waals surface area contributed by atoms with Gasteiger partial charge in [-0.05, 0) is 38.0 Å². The third kappa shape index (κ3) is 3.38. The highest BCUT2D eigenvalue weighted by Gasteiger charge is 2.33. The summed E-state index contributed by atoms with van der Waals surface area (Å²) in [5.41, 5.74) is 2.86. The Morgan fingerprint density at radius 3 is 2.58 bits per heavy atom. The summed E-state index contributed by atoms with van der Waals surface area (Å²) < 4.78 is 11.5. The molecule has 0 spiro atoms. The van der Waals surface area contributed by atoms with Crippen LogP contribution >= 0.6 is 0 Å². The molecule has 0 saturated heterocycles. The van der Waals surface area contributed by atoms with E-state index in [4.69, 9.17) is 9.47 Å². The number of phenolic OH excluding ortho intramolecular Hbond substituents is 2. The van der Waals surface area contributed by atoms with Crippen molar-refractivity contribution in [1.29, 1.82) is 0 Å². The third-order valence-corrected chi connectivity index (χ3v) is 4.43. The molecule has 0 aromatic heterocycles. The Labute approximate surface area is 152 Å². The summed E-state index contributed by atoms with van der Waals surface area (Å²) in [5.74, 6) is 0.696. The van der Waals surface area contributed by atoms with E-state index < -0.39 is 6.10 Å². The molecule has 0 aliphatic carbocycles. The lowest BCUT2D eigenvalue weighted by molar-refractivity contribution is 0.0842. The topological polar surface area (TPSA) is 76.0 Å². The fourth-order valence-corrected chi connectivity index (χ4v) is 3.07. The van der Waals surface area contributed by atoms with Crippen LogP contribution in [0.4, 0.5) is 0 Å². The van der Waals surface area contributed by atoms with Crippen molar-refractivity contribution in [3.63, 3.8) is 0 Å². The SMILES string of the molecule is COc1cc(O)c2c(c1CC=C(C)C)O[C@H](c1ccc(O)cc1)CC2=O. The Balaban J connectivity index is 2.09. The number of carbonyl (C=O) groups excluding carboxylic acids is 1.